The lowest BCUT2D eigenvalue weighted by molar-refractivity contribution is 1.16. The highest BCUT2D eigenvalue weighted by Gasteiger charge is 2.36. The first-order valence-corrected chi connectivity index (χ1v) is 37.5. The van der Waals surface area contributed by atoms with Crippen molar-refractivity contribution in [2.75, 3.05) is 39.2 Å². The number of para-hydroxylation sites is 10. The number of rotatable bonds is 16. The Morgan fingerprint density at radius 3 is 0.536 bits per heavy atom. The van der Waals surface area contributed by atoms with Crippen LogP contribution in [0.5, 0.6) is 0 Å². The van der Waals surface area contributed by atoms with Crippen LogP contribution in [0.2, 0.25) is 0 Å². The van der Waals surface area contributed by atoms with Crippen LogP contribution in [0.4, 0.5) is 136 Å². The van der Waals surface area contributed by atoms with Gasteiger partial charge in [0.15, 0.2) is 0 Å². The first-order valence-electron chi connectivity index (χ1n) is 37.5. The summed E-state index contributed by atoms with van der Waals surface area (Å²) in [5.41, 5.74) is 24.9. The molecule has 8 heteroatoms. The van der Waals surface area contributed by atoms with Crippen molar-refractivity contribution in [3.8, 4) is 0 Å². The Balaban J connectivity index is 0.827. The van der Waals surface area contributed by atoms with Crippen molar-refractivity contribution in [1.29, 1.82) is 0 Å². The minimum atomic E-state index is 1.02. The summed E-state index contributed by atoms with van der Waals surface area (Å²) in [5, 5.41) is 6.98. The molecule has 8 nitrogen and oxygen atoms in total. The molecule has 18 aromatic rings. The molecule has 0 fully saturated rings. The number of hydrogen-bond acceptors (Lipinski definition) is 8. The molecule has 0 aliphatic carbocycles. The Kier molecular flexibility index (Phi) is 16.4. The van der Waals surface area contributed by atoms with Gasteiger partial charge >= 0.3 is 0 Å². The lowest BCUT2D eigenvalue weighted by Crippen LogP contribution is -2.25. The second-order valence-electron chi connectivity index (χ2n) is 27.7. The molecule has 2 aliphatic rings. The van der Waals surface area contributed by atoms with Gasteiger partial charge < -0.3 is 39.2 Å². The van der Waals surface area contributed by atoms with E-state index in [1.165, 1.54) is 21.5 Å². The van der Waals surface area contributed by atoms with Gasteiger partial charge in [-0.25, -0.2) is 0 Å². The fourth-order valence-corrected chi connectivity index (χ4v) is 16.5. The third kappa shape index (κ3) is 11.5. The Bertz CT molecular complexity index is 5550. The van der Waals surface area contributed by atoms with Gasteiger partial charge in [-0.3, -0.25) is 0 Å². The number of anilines is 24. The van der Waals surface area contributed by atoms with Crippen molar-refractivity contribution in [2.24, 2.45) is 0 Å². The molecule has 0 bridgehead atoms. The SMILES string of the molecule is c1ccc(N(c2ccccc2)c2ccc3c(c2)N(c2ccccc2)c2cc(N(c4ccccc4)c4ccccc4)ccc2N3c2ccc3c4ccccc4c4ccc(N5c6ccc(N(c7ccccc7)c7ccccc7)cc6N(c6ccccc6)c6cc(N(c7ccccc7)c7ccccc7)ccc65)cc4c3c2)cc1. The van der Waals surface area contributed by atoms with E-state index >= 15 is 0 Å². The van der Waals surface area contributed by atoms with Gasteiger partial charge in [0, 0.05) is 91.0 Å². The first kappa shape index (κ1) is 64.7. The molecule has 2 aliphatic heterocycles. The van der Waals surface area contributed by atoms with Crippen molar-refractivity contribution >= 4 is 169 Å². The predicted octanol–water partition coefficient (Wildman–Crippen LogP) is 29.5. The van der Waals surface area contributed by atoms with E-state index in [1.54, 1.807) is 0 Å². The molecule has 0 aromatic heterocycles. The zero-order valence-corrected chi connectivity index (χ0v) is 60.1. The van der Waals surface area contributed by atoms with Gasteiger partial charge in [0.2, 0.25) is 0 Å². The van der Waals surface area contributed by atoms with E-state index in [0.29, 0.717) is 0 Å². The number of benzene rings is 18. The Hall–Kier alpha value is -14.9. The number of nitrogens with zero attached hydrogens (tertiary/aromatic N) is 8. The second kappa shape index (κ2) is 27.9. The summed E-state index contributed by atoms with van der Waals surface area (Å²) in [5.74, 6) is 0. The molecule has 20 rings (SSSR count). The van der Waals surface area contributed by atoms with Gasteiger partial charge in [-0.1, -0.05) is 218 Å². The fourth-order valence-electron chi connectivity index (χ4n) is 16.5. The van der Waals surface area contributed by atoms with Gasteiger partial charge in [-0.05, 0) is 251 Å². The summed E-state index contributed by atoms with van der Waals surface area (Å²) in [4.78, 5) is 19.4. The van der Waals surface area contributed by atoms with E-state index in [4.69, 9.17) is 0 Å². The molecule has 520 valence electrons. The molecule has 0 N–H and O–H groups in total. The normalized spacial score (nSPS) is 12.1. The monoisotopic (exact) mass is 1410 g/mol. The standard InChI is InChI=1S/C102H72N8/c1-11-33-73(34-12-1)103(74-35-13-2-14-36-74)85-57-63-95-99(69-85)107(81-49-27-9-28-50-81)100-70-86(104(75-37-15-3-16-38-75)76-39-17-4-18-40-76)58-64-96(100)109(95)83-55-61-91-89-53-31-32-54-90(89)92-62-56-84(68-94(92)93(91)67-83)110-97-65-59-87(105(77-41-19-5-20-42-77)78-43-21-6-22-44-78)71-101(97)108(82-51-29-10-30-52-82)102-72-88(60-66-98(102)110)106(79-45-23-7-24-46-79)80-47-25-8-26-48-80/h1-72H. The molecule has 0 amide bonds. The molecule has 0 radical (unpaired) electrons. The summed E-state index contributed by atoms with van der Waals surface area (Å²) in [6, 6.07) is 159. The topological polar surface area (TPSA) is 25.9 Å². The number of hydrogen-bond donors (Lipinski definition) is 0. The van der Waals surface area contributed by atoms with Crippen molar-refractivity contribution < 1.29 is 0 Å². The van der Waals surface area contributed by atoms with E-state index in [2.05, 4.69) is 476 Å². The van der Waals surface area contributed by atoms with Crippen LogP contribution in [0.1, 0.15) is 0 Å². The summed E-state index contributed by atoms with van der Waals surface area (Å²) < 4.78 is 0. The van der Waals surface area contributed by atoms with E-state index in [-0.39, 0.29) is 0 Å². The highest BCUT2D eigenvalue weighted by atomic mass is 15.3. The molecule has 18 aromatic carbocycles. The summed E-state index contributed by atoms with van der Waals surface area (Å²) in [6.45, 7) is 0. The van der Waals surface area contributed by atoms with Gasteiger partial charge in [-0.15, -0.1) is 0 Å². The van der Waals surface area contributed by atoms with Crippen molar-refractivity contribution in [1.82, 2.24) is 0 Å². The molecule has 2 heterocycles. The van der Waals surface area contributed by atoms with Gasteiger partial charge in [0.25, 0.3) is 0 Å². The fraction of sp³-hybridized carbons (Fsp3) is 0. The van der Waals surface area contributed by atoms with Crippen molar-refractivity contribution in [3.05, 3.63) is 437 Å². The maximum absolute atomic E-state index is 2.50. The summed E-state index contributed by atoms with van der Waals surface area (Å²) in [7, 11) is 0. The highest BCUT2D eigenvalue weighted by molar-refractivity contribution is 6.27. The zero-order chi connectivity index (χ0) is 72.9. The number of fused-ring (bicyclic) bond motifs is 10. The van der Waals surface area contributed by atoms with Crippen LogP contribution >= 0.6 is 0 Å². The lowest BCUT2D eigenvalue weighted by atomic mass is 9.92. The maximum atomic E-state index is 2.50. The molecule has 0 atom stereocenters. The zero-order valence-electron chi connectivity index (χ0n) is 60.1. The quantitative estimate of drug-likeness (QED) is 0.0883. The second-order valence-corrected chi connectivity index (χ2v) is 27.7. The van der Waals surface area contributed by atoms with Crippen molar-refractivity contribution in [2.45, 2.75) is 0 Å². The minimum Gasteiger partial charge on any atom is -0.310 e. The Labute approximate surface area is 640 Å². The maximum Gasteiger partial charge on any atom is 0.0724 e. The predicted molar refractivity (Wildman–Crippen MR) is 464 cm³/mol. The molecule has 0 unspecified atom stereocenters. The molecule has 110 heavy (non-hydrogen) atoms. The molecular weight excluding hydrogens is 1340 g/mol. The Morgan fingerprint density at radius 2 is 0.309 bits per heavy atom. The summed E-state index contributed by atoms with van der Waals surface area (Å²) >= 11 is 0. The van der Waals surface area contributed by atoms with Crippen LogP contribution in [0, 0.1) is 0 Å². The lowest BCUT2D eigenvalue weighted by Gasteiger charge is -2.42. The van der Waals surface area contributed by atoms with Crippen LogP contribution in [-0.4, -0.2) is 0 Å². The Morgan fingerprint density at radius 1 is 0.118 bits per heavy atom. The third-order valence-corrected chi connectivity index (χ3v) is 21.3. The van der Waals surface area contributed by atoms with Gasteiger partial charge in [0.05, 0.1) is 45.5 Å². The minimum absolute atomic E-state index is 1.02. The van der Waals surface area contributed by atoms with E-state index in [9.17, 15) is 0 Å². The smallest absolute Gasteiger partial charge is 0.0724 e. The average Bonchev–Trinajstić information content (AvgIpc) is 0.724. The average molecular weight is 1410 g/mol. The van der Waals surface area contributed by atoms with Crippen LogP contribution in [-0.2, 0) is 0 Å². The summed E-state index contributed by atoms with van der Waals surface area (Å²) in [6.07, 6.45) is 0. The van der Waals surface area contributed by atoms with Crippen LogP contribution < -0.4 is 39.2 Å². The van der Waals surface area contributed by atoms with E-state index in [0.717, 1.165) is 147 Å². The van der Waals surface area contributed by atoms with Crippen LogP contribution in [0.3, 0.4) is 0 Å². The highest BCUT2D eigenvalue weighted by Crippen LogP contribution is 2.60. The van der Waals surface area contributed by atoms with E-state index in [1.807, 2.05) is 0 Å². The van der Waals surface area contributed by atoms with E-state index < -0.39 is 0 Å². The van der Waals surface area contributed by atoms with Crippen LogP contribution in [0.15, 0.2) is 437 Å². The van der Waals surface area contributed by atoms with Gasteiger partial charge in [-0.2, -0.15) is 0 Å². The molecular formula is C102H72N8. The van der Waals surface area contributed by atoms with Gasteiger partial charge in [0.1, 0.15) is 0 Å². The van der Waals surface area contributed by atoms with Crippen LogP contribution in [0.25, 0.3) is 32.3 Å². The first-order chi connectivity index (χ1) is 54.6. The van der Waals surface area contributed by atoms with Crippen molar-refractivity contribution in [3.63, 3.8) is 0 Å². The largest absolute Gasteiger partial charge is 0.310 e. The molecule has 0 spiro atoms. The molecule has 0 saturated heterocycles. The third-order valence-electron chi connectivity index (χ3n) is 21.3. The molecule has 0 saturated carbocycles.